The van der Waals surface area contributed by atoms with Gasteiger partial charge in [0.05, 0.1) is 0 Å². The van der Waals surface area contributed by atoms with Gasteiger partial charge in [0.15, 0.2) is 5.82 Å². The van der Waals surface area contributed by atoms with E-state index in [2.05, 4.69) is 15.4 Å². The minimum atomic E-state index is -5.08. The summed E-state index contributed by atoms with van der Waals surface area (Å²) < 4.78 is 31.7. The second kappa shape index (κ2) is 6.35. The van der Waals surface area contributed by atoms with Gasteiger partial charge in [-0.1, -0.05) is 6.92 Å². The normalized spacial score (nSPS) is 25.3. The van der Waals surface area contributed by atoms with Crippen molar-refractivity contribution in [3.63, 3.8) is 0 Å². The Labute approximate surface area is 117 Å². The van der Waals surface area contributed by atoms with Gasteiger partial charge in [-0.3, -0.25) is 0 Å². The molecule has 3 N–H and O–H groups in total. The van der Waals surface area contributed by atoms with Crippen LogP contribution >= 0.6 is 0 Å². The first-order valence-corrected chi connectivity index (χ1v) is 6.11. The number of alkyl halides is 3. The maximum Gasteiger partial charge on any atom is 0.490 e. The van der Waals surface area contributed by atoms with Crippen LogP contribution in [0.15, 0.2) is 0 Å². The molecule has 0 saturated heterocycles. The van der Waals surface area contributed by atoms with Crippen molar-refractivity contribution < 1.29 is 33.3 Å². The molecule has 2 rings (SSSR count). The number of hydrogen-bond acceptors (Lipinski definition) is 6. The van der Waals surface area contributed by atoms with Gasteiger partial charge in [0.2, 0.25) is 5.72 Å². The second-order valence-corrected chi connectivity index (χ2v) is 4.44. The van der Waals surface area contributed by atoms with E-state index in [-0.39, 0.29) is 0 Å². The Morgan fingerprint density at radius 2 is 2.10 bits per heavy atom. The number of halogens is 3. The fourth-order valence-electron chi connectivity index (χ4n) is 1.74. The number of nitrogens with zero attached hydrogens (tertiary/aromatic N) is 4. The van der Waals surface area contributed by atoms with Crippen molar-refractivity contribution in [2.45, 2.75) is 50.6 Å². The number of hydrogen-bond donors (Lipinski definition) is 3. The molecule has 1 aliphatic carbocycles. The molecule has 0 amide bonds. The zero-order chi connectivity index (χ0) is 16.3. The zero-order valence-corrected chi connectivity index (χ0v) is 11.1. The summed E-state index contributed by atoms with van der Waals surface area (Å²) in [6, 6.07) is 0. The lowest BCUT2D eigenvalue weighted by atomic mass is 10.1. The maximum atomic E-state index is 10.6. The Kier molecular flexibility index (Phi) is 5.23. The molecule has 1 saturated carbocycles. The molecular formula is C10H15F3N4O4. The van der Waals surface area contributed by atoms with Crippen molar-refractivity contribution in [3.05, 3.63) is 5.82 Å². The van der Waals surface area contributed by atoms with Crippen molar-refractivity contribution in [1.82, 2.24) is 20.2 Å². The van der Waals surface area contributed by atoms with Crippen molar-refractivity contribution >= 4 is 5.97 Å². The van der Waals surface area contributed by atoms with Gasteiger partial charge in [0.1, 0.15) is 6.10 Å². The Balaban J connectivity index is 0.000000270. The predicted octanol–water partition coefficient (Wildman–Crippen LogP) is 0.0587. The van der Waals surface area contributed by atoms with Crippen LogP contribution in [0.4, 0.5) is 13.2 Å². The third kappa shape index (κ3) is 4.11. The summed E-state index contributed by atoms with van der Waals surface area (Å²) >= 11 is 0. The van der Waals surface area contributed by atoms with Gasteiger partial charge in [-0.2, -0.15) is 13.2 Å². The monoisotopic (exact) mass is 312 g/mol. The predicted molar refractivity (Wildman–Crippen MR) is 60.9 cm³/mol. The van der Waals surface area contributed by atoms with Crippen molar-refractivity contribution in [3.8, 4) is 0 Å². The van der Waals surface area contributed by atoms with E-state index in [0.29, 0.717) is 25.1 Å². The van der Waals surface area contributed by atoms with E-state index in [4.69, 9.17) is 9.90 Å². The average Bonchev–Trinajstić information content (AvgIpc) is 2.98. The molecule has 0 aliphatic heterocycles. The number of aliphatic carboxylic acids is 1. The molecule has 0 aromatic carbocycles. The Morgan fingerprint density at radius 1 is 1.52 bits per heavy atom. The lowest BCUT2D eigenvalue weighted by molar-refractivity contribution is -0.192. The summed E-state index contributed by atoms with van der Waals surface area (Å²) in [5.74, 6) is -2.18. The van der Waals surface area contributed by atoms with Crippen molar-refractivity contribution in [1.29, 1.82) is 0 Å². The largest absolute Gasteiger partial charge is 0.490 e. The van der Waals surface area contributed by atoms with Crippen LogP contribution in [-0.4, -0.2) is 53.8 Å². The van der Waals surface area contributed by atoms with Crippen LogP contribution in [0.25, 0.3) is 0 Å². The van der Waals surface area contributed by atoms with E-state index >= 15 is 0 Å². The molecule has 1 aliphatic rings. The number of rotatable bonds is 2. The summed E-state index contributed by atoms with van der Waals surface area (Å²) in [6.07, 6.45) is -3.36. The van der Waals surface area contributed by atoms with Gasteiger partial charge < -0.3 is 15.3 Å². The highest BCUT2D eigenvalue weighted by molar-refractivity contribution is 5.73. The van der Waals surface area contributed by atoms with E-state index in [1.807, 2.05) is 6.92 Å². The fourth-order valence-corrected chi connectivity index (χ4v) is 1.74. The number of tetrazole rings is 1. The number of aliphatic hydroxyl groups is 2. The number of aromatic nitrogens is 4. The standard InChI is InChI=1S/C8H14N4O2.C2HF3O2/c1-2-7-9-11-12(10-7)8(14)5-3-4-6(8)13;3-2(4,5)1(6)7/h6,13-14H,2-5H2,1H3;(H,6,7). The Morgan fingerprint density at radius 3 is 2.43 bits per heavy atom. The van der Waals surface area contributed by atoms with Gasteiger partial charge in [-0.15, -0.1) is 15.0 Å². The molecule has 1 heterocycles. The number of carboxylic acids is 1. The number of carboxylic acid groups (broad SMARTS) is 1. The molecule has 0 spiro atoms. The van der Waals surface area contributed by atoms with E-state index in [1.165, 1.54) is 0 Å². The SMILES string of the molecule is CCc1nnn(C2(O)CCCC2O)n1.O=C(O)C(F)(F)F. The van der Waals surface area contributed by atoms with Crippen molar-refractivity contribution in [2.24, 2.45) is 0 Å². The highest BCUT2D eigenvalue weighted by atomic mass is 19.4. The molecule has 8 nitrogen and oxygen atoms in total. The first-order valence-electron chi connectivity index (χ1n) is 6.11. The fraction of sp³-hybridized carbons (Fsp3) is 0.800. The molecule has 21 heavy (non-hydrogen) atoms. The van der Waals surface area contributed by atoms with Gasteiger partial charge >= 0.3 is 12.1 Å². The van der Waals surface area contributed by atoms with Crippen LogP contribution in [-0.2, 0) is 16.9 Å². The lowest BCUT2D eigenvalue weighted by Crippen LogP contribution is -2.42. The summed E-state index contributed by atoms with van der Waals surface area (Å²) in [6.45, 7) is 1.91. The van der Waals surface area contributed by atoms with Crippen molar-refractivity contribution in [2.75, 3.05) is 0 Å². The van der Waals surface area contributed by atoms with E-state index in [0.717, 1.165) is 11.2 Å². The number of aliphatic hydroxyl groups excluding tert-OH is 1. The number of carbonyl (C=O) groups is 1. The maximum absolute atomic E-state index is 10.6. The highest BCUT2D eigenvalue weighted by Gasteiger charge is 2.44. The van der Waals surface area contributed by atoms with Gasteiger partial charge in [0, 0.05) is 12.8 Å². The topological polar surface area (TPSA) is 121 Å². The lowest BCUT2D eigenvalue weighted by Gasteiger charge is -2.24. The molecular weight excluding hydrogens is 297 g/mol. The van der Waals surface area contributed by atoms with E-state index in [9.17, 15) is 23.4 Å². The summed E-state index contributed by atoms with van der Waals surface area (Å²) in [7, 11) is 0. The Hall–Kier alpha value is -1.75. The number of aryl methyl sites for hydroxylation is 1. The van der Waals surface area contributed by atoms with Crippen LogP contribution in [0, 0.1) is 0 Å². The summed E-state index contributed by atoms with van der Waals surface area (Å²) in [5.41, 5.74) is -1.35. The minimum absolute atomic E-state index is 0.480. The van der Waals surface area contributed by atoms with Gasteiger partial charge in [-0.05, 0) is 18.1 Å². The molecule has 0 radical (unpaired) electrons. The summed E-state index contributed by atoms with van der Waals surface area (Å²) in [5, 5.41) is 38.4. The quantitative estimate of drug-likeness (QED) is 0.706. The summed E-state index contributed by atoms with van der Waals surface area (Å²) in [4.78, 5) is 10.0. The molecule has 1 aromatic rings. The zero-order valence-electron chi connectivity index (χ0n) is 11.1. The molecule has 1 fully saturated rings. The molecule has 2 atom stereocenters. The smallest absolute Gasteiger partial charge is 0.475 e. The first-order chi connectivity index (χ1) is 9.61. The molecule has 0 bridgehead atoms. The van der Waals surface area contributed by atoms with E-state index < -0.39 is 24.0 Å². The first kappa shape index (κ1) is 17.3. The van der Waals surface area contributed by atoms with Crippen LogP contribution < -0.4 is 0 Å². The third-order valence-electron chi connectivity index (χ3n) is 2.92. The van der Waals surface area contributed by atoms with Gasteiger partial charge in [-0.25, -0.2) is 4.79 Å². The van der Waals surface area contributed by atoms with E-state index in [1.54, 1.807) is 0 Å². The van der Waals surface area contributed by atoms with Crippen LogP contribution in [0.2, 0.25) is 0 Å². The second-order valence-electron chi connectivity index (χ2n) is 4.44. The van der Waals surface area contributed by atoms with Gasteiger partial charge in [0.25, 0.3) is 0 Å². The van der Waals surface area contributed by atoms with Crippen LogP contribution in [0.5, 0.6) is 0 Å². The van der Waals surface area contributed by atoms with Crippen LogP contribution in [0.1, 0.15) is 32.0 Å². The molecule has 120 valence electrons. The van der Waals surface area contributed by atoms with Crippen LogP contribution in [0.3, 0.4) is 0 Å². The third-order valence-corrected chi connectivity index (χ3v) is 2.92. The Bertz CT molecular complexity index is 493. The molecule has 11 heteroatoms. The molecule has 1 aromatic heterocycles. The molecule has 2 unspecified atom stereocenters. The minimum Gasteiger partial charge on any atom is -0.475 e. The highest BCUT2D eigenvalue weighted by Crippen LogP contribution is 2.32. The average molecular weight is 312 g/mol.